The number of likely N-dealkylation sites (N-methyl/N-ethyl adjacent to an activating group) is 1. The van der Waals surface area contributed by atoms with Gasteiger partial charge in [0.1, 0.15) is 18.8 Å². The van der Waals surface area contributed by atoms with Crippen LogP contribution >= 0.6 is 7.82 Å². The van der Waals surface area contributed by atoms with Crippen molar-refractivity contribution in [3.8, 4) is 0 Å². The fourth-order valence-corrected chi connectivity index (χ4v) is 20.3. The van der Waals surface area contributed by atoms with Crippen LogP contribution in [0.15, 0.2) is 6.20 Å². The van der Waals surface area contributed by atoms with Crippen molar-refractivity contribution >= 4 is 19.6 Å². The van der Waals surface area contributed by atoms with E-state index < -0.39 is 26.1 Å². The van der Waals surface area contributed by atoms with E-state index in [1.165, 1.54) is 44.9 Å². The second kappa shape index (κ2) is 21.9. The maximum Gasteiger partial charge on any atom is 0.472 e. The van der Waals surface area contributed by atoms with Crippen molar-refractivity contribution < 1.29 is 47.9 Å². The van der Waals surface area contributed by atoms with Crippen LogP contribution in [-0.2, 0) is 36.3 Å². The van der Waals surface area contributed by atoms with Crippen LogP contribution in [0.2, 0.25) is 0 Å². The lowest BCUT2D eigenvalue weighted by molar-refractivity contribution is -0.870. The number of nitrogens with one attached hydrogen (secondary N) is 2. The third kappa shape index (κ3) is 11.3. The van der Waals surface area contributed by atoms with E-state index in [-0.39, 0.29) is 77.4 Å². The van der Waals surface area contributed by atoms with Gasteiger partial charge in [0.15, 0.2) is 0 Å². The highest BCUT2D eigenvalue weighted by molar-refractivity contribution is 7.47. The Morgan fingerprint density at radius 1 is 0.770 bits per heavy atom. The number of fused-ring (bicyclic) bond motifs is 10. The second-order valence-electron chi connectivity index (χ2n) is 28.4. The Bertz CT molecular complexity index is 2170. The van der Waals surface area contributed by atoms with Gasteiger partial charge in [-0.25, -0.2) is 4.57 Å². The molecule has 6 N–H and O–H groups in total. The molecule has 16 heteroatoms. The van der Waals surface area contributed by atoms with E-state index in [4.69, 9.17) is 9.05 Å². The van der Waals surface area contributed by atoms with Crippen molar-refractivity contribution in [3.05, 3.63) is 11.9 Å². The van der Waals surface area contributed by atoms with Gasteiger partial charge in [-0.15, -0.1) is 5.10 Å². The molecular weight excluding hydrogens is 956 g/mol. The molecule has 15 nitrogen and oxygen atoms in total. The van der Waals surface area contributed by atoms with Crippen molar-refractivity contribution in [2.75, 3.05) is 40.8 Å². The molecule has 0 aromatic carbocycles. The smallest absolute Gasteiger partial charge is 0.393 e. The highest BCUT2D eigenvalue weighted by Gasteiger charge is 2.66. The van der Waals surface area contributed by atoms with Crippen LogP contribution in [0.4, 0.5) is 0 Å². The molecule has 8 aliphatic rings. The van der Waals surface area contributed by atoms with Gasteiger partial charge < -0.3 is 35.3 Å². The van der Waals surface area contributed by atoms with Crippen LogP contribution in [0.25, 0.3) is 0 Å². The number of rotatable bonds is 19. The van der Waals surface area contributed by atoms with Crippen LogP contribution in [0.3, 0.4) is 0 Å². The van der Waals surface area contributed by atoms with E-state index in [2.05, 4.69) is 62.5 Å². The topological polar surface area (TPSA) is 205 Å². The Morgan fingerprint density at radius 2 is 1.42 bits per heavy atom. The van der Waals surface area contributed by atoms with E-state index in [1.807, 2.05) is 27.3 Å². The second-order valence-corrected chi connectivity index (χ2v) is 29.8. The minimum Gasteiger partial charge on any atom is -0.393 e. The van der Waals surface area contributed by atoms with Gasteiger partial charge in [0.05, 0.1) is 64.8 Å². The highest BCUT2D eigenvalue weighted by atomic mass is 31.2. The normalized spacial score (nSPS) is 43.3. The molecule has 0 spiro atoms. The van der Waals surface area contributed by atoms with Gasteiger partial charge in [-0.3, -0.25) is 23.3 Å². The summed E-state index contributed by atoms with van der Waals surface area (Å²) in [6.07, 6.45) is 19.1. The summed E-state index contributed by atoms with van der Waals surface area (Å²) >= 11 is 0. The number of nitrogens with zero attached hydrogens (tertiary/aromatic N) is 4. The summed E-state index contributed by atoms with van der Waals surface area (Å²) in [7, 11) is 1.79. The number of phosphoric ester groups is 1. The lowest BCUT2D eigenvalue weighted by Crippen LogP contribution is -2.62. The maximum absolute atomic E-state index is 13.3. The predicted octanol–water partition coefficient (Wildman–Crippen LogP) is 8.67. The van der Waals surface area contributed by atoms with Gasteiger partial charge in [0.2, 0.25) is 11.8 Å². The number of aromatic nitrogens is 3. The quantitative estimate of drug-likeness (QED) is 0.0571. The molecule has 0 radical (unpaired) electrons. The number of hydrogen-bond acceptors (Lipinski definition) is 10. The molecule has 2 amide bonds. The molecule has 1 aromatic rings. The molecule has 9 rings (SSSR count). The molecule has 74 heavy (non-hydrogen) atoms. The van der Waals surface area contributed by atoms with Crippen LogP contribution in [0.1, 0.15) is 176 Å². The lowest BCUT2D eigenvalue weighted by Gasteiger charge is -2.63. The molecule has 420 valence electrons. The van der Waals surface area contributed by atoms with Crippen LogP contribution in [0.5, 0.6) is 0 Å². The largest absolute Gasteiger partial charge is 0.472 e. The van der Waals surface area contributed by atoms with Crippen LogP contribution < -0.4 is 10.6 Å². The zero-order valence-electron chi connectivity index (χ0n) is 47.1. The Labute approximate surface area is 444 Å². The Balaban J connectivity index is 0.678. The summed E-state index contributed by atoms with van der Waals surface area (Å²) in [5.41, 5.74) is 0.967. The number of aliphatic hydroxyl groups is 3. The van der Waals surface area contributed by atoms with Gasteiger partial charge in [-0.05, 0) is 208 Å². The zero-order valence-corrected chi connectivity index (χ0v) is 48.0. The summed E-state index contributed by atoms with van der Waals surface area (Å²) in [6.45, 7) is 16.3. The van der Waals surface area contributed by atoms with Crippen molar-refractivity contribution in [1.29, 1.82) is 0 Å². The minimum absolute atomic E-state index is 0.0383. The van der Waals surface area contributed by atoms with Crippen molar-refractivity contribution in [1.82, 2.24) is 25.6 Å². The minimum atomic E-state index is -4.22. The number of carbonyl (C=O) groups excluding carboxylic acids is 2. The average molecular weight is 1060 g/mol. The number of hydrogen-bond donors (Lipinski definition) is 6. The average Bonchev–Trinajstić information content (AvgIpc) is 4.05. The monoisotopic (exact) mass is 1060 g/mol. The third-order valence-corrected chi connectivity index (χ3v) is 24.6. The first-order chi connectivity index (χ1) is 34.8. The molecule has 1 heterocycles. The third-order valence-electron chi connectivity index (χ3n) is 23.6. The molecule has 8 saturated carbocycles. The van der Waals surface area contributed by atoms with Gasteiger partial charge in [0, 0.05) is 19.4 Å². The van der Waals surface area contributed by atoms with Crippen molar-refractivity contribution in [3.63, 3.8) is 0 Å². The number of carbonyl (C=O) groups is 2. The first-order valence-electron chi connectivity index (χ1n) is 29.8. The molecule has 1 unspecified atom stereocenters. The Kier molecular flexibility index (Phi) is 16.8. The van der Waals surface area contributed by atoms with Gasteiger partial charge in [0.25, 0.3) is 0 Å². The van der Waals surface area contributed by atoms with E-state index in [0.29, 0.717) is 103 Å². The number of aliphatic hydroxyl groups excluding tert-OH is 3. The van der Waals surface area contributed by atoms with E-state index in [1.54, 1.807) is 4.68 Å². The summed E-state index contributed by atoms with van der Waals surface area (Å²) in [4.78, 5) is 36.9. The van der Waals surface area contributed by atoms with E-state index in [0.717, 1.165) is 56.3 Å². The molecule has 0 bridgehead atoms. The molecule has 8 aliphatic carbocycles. The maximum atomic E-state index is 13.3. The van der Waals surface area contributed by atoms with E-state index >= 15 is 0 Å². The summed E-state index contributed by atoms with van der Waals surface area (Å²) in [5, 5.41) is 49.3. The first-order valence-corrected chi connectivity index (χ1v) is 31.3. The number of phosphoric acid groups is 1. The lowest BCUT2D eigenvalue weighted by atomic mass is 9.43. The van der Waals surface area contributed by atoms with E-state index in [9.17, 15) is 34.4 Å². The SMILES string of the molecule is C[C@H](CCC(=O)NCCn1cc(CNC(=O)CC[C@@H](C)[C@H]2CC[C@H]3[C@@H]4[C@H](O)C[C@@H]5C[C@H](OP(=O)(O)OCC[N+](C)(C)C)CC[C@]5(C)[C@H]4C[C@H](O)[C@]23C)nn1)[C@H]1CC[C@H]2[C@@H]3CC[C@@H]4C[C@H](O)CC[C@]4(C)[C@H]3CC[C@]12C. The molecule has 0 saturated heterocycles. The highest BCUT2D eigenvalue weighted by Crippen LogP contribution is 2.70. The Morgan fingerprint density at radius 3 is 2.16 bits per heavy atom. The van der Waals surface area contributed by atoms with Crippen molar-refractivity contribution in [2.45, 2.75) is 207 Å². The molecule has 1 aromatic heterocycles. The molecule has 21 atom stereocenters. The fourth-order valence-electron chi connectivity index (χ4n) is 19.4. The van der Waals surface area contributed by atoms with Crippen LogP contribution in [-0.4, -0.2) is 117 Å². The summed E-state index contributed by atoms with van der Waals surface area (Å²) in [6, 6.07) is 0. The summed E-state index contributed by atoms with van der Waals surface area (Å²) < 4.78 is 26.4. The van der Waals surface area contributed by atoms with Crippen molar-refractivity contribution in [2.24, 2.45) is 92.7 Å². The summed E-state index contributed by atoms with van der Waals surface area (Å²) in [5.74, 6) is 5.32. The van der Waals surface area contributed by atoms with Gasteiger partial charge in [-0.2, -0.15) is 0 Å². The Hall–Kier alpha value is -1.97. The first kappa shape index (κ1) is 56.7. The predicted molar refractivity (Wildman–Crippen MR) is 284 cm³/mol. The van der Waals surface area contributed by atoms with Gasteiger partial charge in [-0.1, -0.05) is 46.8 Å². The molecule has 8 fully saturated rings. The van der Waals surface area contributed by atoms with Crippen LogP contribution in [0, 0.1) is 92.7 Å². The molecular formula is C58H100N6O9P+. The number of quaternary nitrogens is 1. The van der Waals surface area contributed by atoms with Gasteiger partial charge >= 0.3 is 7.82 Å². The fraction of sp³-hybridized carbons (Fsp3) is 0.931. The molecule has 0 aliphatic heterocycles. The zero-order chi connectivity index (χ0) is 53.2. The standard InChI is InChI=1S/C58H99N6O9P/c1-36(44-14-16-46-43-13-12-38-30-41(65)20-23-55(38,3)47(43)22-25-57(44,46)5)10-18-52(68)59-26-27-63-35-40(61-62-63)34-60-53(69)19-11-37(2)45-15-17-48-54-49(33-51(67)58(45,48)6)56(4)24-21-42(31-39(56)32-50(54)66)73-74(70,71)72-29-28-64(7,8)9/h35-39,41-51,54,65-67H,10-34H2,1-9H3,(H2-,59,60,68,69,70,71)/p+1/t36-,37-,38-,39+,41-,42-,43+,44-,45-,46+,47+,48+,49+,50-,51+,54+,55+,56+,57-,58-/m1/s1. The number of amides is 2.